The Hall–Kier alpha value is -1.01. The molecule has 0 aromatic carbocycles. The summed E-state index contributed by atoms with van der Waals surface area (Å²) in [6.07, 6.45) is 6.62. The first kappa shape index (κ1) is 10.2. The van der Waals surface area contributed by atoms with Crippen molar-refractivity contribution < 1.29 is 0 Å². The standard InChI is InChI=1S/C10H15N5S/c1(8-3-5-11-6-4-8)2-9-14-15-7-12-13-10(15)16-9/h7-8,11H,1-6H2. The topological polar surface area (TPSA) is 55.1 Å². The predicted octanol–water partition coefficient (Wildman–Crippen LogP) is 1.12. The first-order valence-electron chi connectivity index (χ1n) is 5.78. The molecule has 0 radical (unpaired) electrons. The van der Waals surface area contributed by atoms with Gasteiger partial charge in [0.2, 0.25) is 4.96 Å². The number of nitrogens with one attached hydrogen (secondary N) is 1. The SMILES string of the molecule is c1nnc2sc(CCC3CCNCC3)nn12. The predicted molar refractivity (Wildman–Crippen MR) is 62.6 cm³/mol. The van der Waals surface area contributed by atoms with Crippen LogP contribution in [0.15, 0.2) is 6.33 Å². The summed E-state index contributed by atoms with van der Waals surface area (Å²) in [4.78, 5) is 0.903. The van der Waals surface area contributed by atoms with Gasteiger partial charge in [-0.25, -0.2) is 0 Å². The van der Waals surface area contributed by atoms with Gasteiger partial charge in [0.05, 0.1) is 0 Å². The van der Waals surface area contributed by atoms with Crippen LogP contribution < -0.4 is 5.32 Å². The summed E-state index contributed by atoms with van der Waals surface area (Å²) in [5, 5.41) is 16.8. The van der Waals surface area contributed by atoms with Gasteiger partial charge in [-0.15, -0.1) is 10.2 Å². The number of fused-ring (bicyclic) bond motifs is 1. The fourth-order valence-corrected chi connectivity index (χ4v) is 3.03. The summed E-state index contributed by atoms with van der Waals surface area (Å²) >= 11 is 1.66. The van der Waals surface area contributed by atoms with E-state index in [9.17, 15) is 0 Å². The molecule has 0 bridgehead atoms. The van der Waals surface area contributed by atoms with E-state index in [1.807, 2.05) is 0 Å². The summed E-state index contributed by atoms with van der Waals surface area (Å²) in [7, 11) is 0. The van der Waals surface area contributed by atoms with Crippen LogP contribution in [0.25, 0.3) is 4.96 Å². The van der Waals surface area contributed by atoms with Crippen molar-refractivity contribution in [3.63, 3.8) is 0 Å². The van der Waals surface area contributed by atoms with Crippen LogP contribution in [0.2, 0.25) is 0 Å². The number of aromatic nitrogens is 4. The van der Waals surface area contributed by atoms with E-state index in [2.05, 4.69) is 20.6 Å². The number of rotatable bonds is 3. The van der Waals surface area contributed by atoms with Crippen molar-refractivity contribution in [2.75, 3.05) is 13.1 Å². The molecule has 0 spiro atoms. The average molecular weight is 237 g/mol. The van der Waals surface area contributed by atoms with Crippen molar-refractivity contribution in [1.82, 2.24) is 25.1 Å². The number of hydrogen-bond acceptors (Lipinski definition) is 5. The quantitative estimate of drug-likeness (QED) is 0.869. The Labute approximate surface area is 97.9 Å². The summed E-state index contributed by atoms with van der Waals surface area (Å²) < 4.78 is 1.77. The van der Waals surface area contributed by atoms with Gasteiger partial charge in [0.1, 0.15) is 11.3 Å². The number of piperidine rings is 1. The molecule has 0 aliphatic carbocycles. The van der Waals surface area contributed by atoms with Crippen LogP contribution >= 0.6 is 11.3 Å². The van der Waals surface area contributed by atoms with Crippen molar-refractivity contribution >= 4 is 16.3 Å². The lowest BCUT2D eigenvalue weighted by atomic mass is 9.93. The van der Waals surface area contributed by atoms with Crippen molar-refractivity contribution in [1.29, 1.82) is 0 Å². The van der Waals surface area contributed by atoms with Crippen LogP contribution in [0, 0.1) is 5.92 Å². The summed E-state index contributed by atoms with van der Waals surface area (Å²) in [6, 6.07) is 0. The van der Waals surface area contributed by atoms with Gasteiger partial charge in [-0.1, -0.05) is 11.3 Å². The van der Waals surface area contributed by atoms with Crippen molar-refractivity contribution in [2.24, 2.45) is 5.92 Å². The molecule has 0 unspecified atom stereocenters. The number of nitrogens with zero attached hydrogens (tertiary/aromatic N) is 4. The van der Waals surface area contributed by atoms with Gasteiger partial charge in [0.25, 0.3) is 0 Å². The minimum absolute atomic E-state index is 0.871. The van der Waals surface area contributed by atoms with Gasteiger partial charge in [-0.3, -0.25) is 0 Å². The molecule has 3 rings (SSSR count). The van der Waals surface area contributed by atoms with Crippen LogP contribution in [0.1, 0.15) is 24.3 Å². The van der Waals surface area contributed by atoms with Gasteiger partial charge >= 0.3 is 0 Å². The first-order chi connectivity index (χ1) is 7.92. The number of hydrogen-bond donors (Lipinski definition) is 1. The first-order valence-corrected chi connectivity index (χ1v) is 6.60. The molecule has 16 heavy (non-hydrogen) atoms. The summed E-state index contributed by atoms with van der Waals surface area (Å²) in [6.45, 7) is 2.35. The molecular weight excluding hydrogens is 222 g/mol. The van der Waals surface area contributed by atoms with Crippen molar-refractivity contribution in [2.45, 2.75) is 25.7 Å². The highest BCUT2D eigenvalue weighted by Crippen LogP contribution is 2.20. The Bertz CT molecular complexity index is 428. The maximum Gasteiger partial charge on any atom is 0.234 e. The lowest BCUT2D eigenvalue weighted by Gasteiger charge is -2.21. The zero-order chi connectivity index (χ0) is 10.8. The summed E-state index contributed by atoms with van der Waals surface area (Å²) in [5.41, 5.74) is 0. The fraction of sp³-hybridized carbons (Fsp3) is 0.700. The van der Waals surface area contributed by atoms with E-state index in [0.29, 0.717) is 0 Å². The van der Waals surface area contributed by atoms with Crippen molar-refractivity contribution in [3.05, 3.63) is 11.3 Å². The highest BCUT2D eigenvalue weighted by atomic mass is 32.1. The molecular formula is C10H15N5S. The van der Waals surface area contributed by atoms with Gasteiger partial charge < -0.3 is 5.32 Å². The Kier molecular flexibility index (Phi) is 2.84. The van der Waals surface area contributed by atoms with E-state index < -0.39 is 0 Å². The Morgan fingerprint density at radius 3 is 3.12 bits per heavy atom. The third kappa shape index (κ3) is 2.08. The van der Waals surface area contributed by atoms with Crippen LogP contribution in [-0.2, 0) is 6.42 Å². The molecule has 3 heterocycles. The zero-order valence-corrected chi connectivity index (χ0v) is 9.91. The highest BCUT2D eigenvalue weighted by molar-refractivity contribution is 7.16. The Morgan fingerprint density at radius 2 is 2.31 bits per heavy atom. The van der Waals surface area contributed by atoms with Gasteiger partial charge in [0.15, 0.2) is 0 Å². The molecule has 6 heteroatoms. The molecule has 1 saturated heterocycles. The van der Waals surface area contributed by atoms with Gasteiger partial charge in [0, 0.05) is 6.42 Å². The van der Waals surface area contributed by atoms with Crippen LogP contribution in [0.4, 0.5) is 0 Å². The minimum Gasteiger partial charge on any atom is -0.317 e. The second kappa shape index (κ2) is 4.47. The summed E-state index contributed by atoms with van der Waals surface area (Å²) in [5.74, 6) is 0.871. The van der Waals surface area contributed by atoms with Crippen molar-refractivity contribution in [3.8, 4) is 0 Å². The smallest absolute Gasteiger partial charge is 0.234 e. The molecule has 0 saturated carbocycles. The van der Waals surface area contributed by atoms with E-state index in [4.69, 9.17) is 0 Å². The lowest BCUT2D eigenvalue weighted by Crippen LogP contribution is -2.27. The molecule has 5 nitrogen and oxygen atoms in total. The number of aryl methyl sites for hydroxylation is 1. The third-order valence-electron chi connectivity index (χ3n) is 3.15. The van der Waals surface area contributed by atoms with Crippen LogP contribution in [0.3, 0.4) is 0 Å². The molecule has 2 aromatic rings. The Morgan fingerprint density at radius 1 is 1.44 bits per heavy atom. The molecule has 2 aromatic heterocycles. The maximum absolute atomic E-state index is 4.45. The molecule has 86 valence electrons. The molecule has 1 fully saturated rings. The average Bonchev–Trinajstić information content (AvgIpc) is 2.88. The monoisotopic (exact) mass is 237 g/mol. The minimum atomic E-state index is 0.871. The second-order valence-electron chi connectivity index (χ2n) is 4.29. The van der Waals surface area contributed by atoms with E-state index in [-0.39, 0.29) is 0 Å². The zero-order valence-electron chi connectivity index (χ0n) is 9.09. The second-order valence-corrected chi connectivity index (χ2v) is 5.33. The molecule has 1 aliphatic heterocycles. The maximum atomic E-state index is 4.45. The van der Waals surface area contributed by atoms with Gasteiger partial charge in [-0.2, -0.15) is 9.61 Å². The van der Waals surface area contributed by atoms with E-state index >= 15 is 0 Å². The molecule has 1 aliphatic rings. The van der Waals surface area contributed by atoms with Crippen LogP contribution in [0.5, 0.6) is 0 Å². The third-order valence-corrected chi connectivity index (χ3v) is 4.13. The van der Waals surface area contributed by atoms with E-state index in [0.717, 1.165) is 17.3 Å². The molecule has 0 atom stereocenters. The lowest BCUT2D eigenvalue weighted by molar-refractivity contribution is 0.354. The largest absolute Gasteiger partial charge is 0.317 e. The molecule has 0 amide bonds. The molecule has 1 N–H and O–H groups in total. The highest BCUT2D eigenvalue weighted by Gasteiger charge is 2.14. The Balaban J connectivity index is 1.59. The van der Waals surface area contributed by atoms with E-state index in [1.54, 1.807) is 22.2 Å². The normalized spacial score (nSPS) is 18.2. The van der Waals surface area contributed by atoms with Crippen LogP contribution in [-0.4, -0.2) is 32.9 Å². The van der Waals surface area contributed by atoms with E-state index in [1.165, 1.54) is 37.4 Å². The fourth-order valence-electron chi connectivity index (χ4n) is 2.20. The van der Waals surface area contributed by atoms with Gasteiger partial charge in [-0.05, 0) is 38.3 Å².